The lowest BCUT2D eigenvalue weighted by atomic mass is 9.84. The first kappa shape index (κ1) is 42.1. The zero-order valence-electron chi connectivity index (χ0n) is 31.5. The second-order valence-electron chi connectivity index (χ2n) is 15.1. The molecule has 1 N–H and O–H groups in total. The molecule has 0 amide bonds. The van der Waals surface area contributed by atoms with Gasteiger partial charge < -0.3 is 28.2 Å². The van der Waals surface area contributed by atoms with Crippen molar-refractivity contribution in [3.63, 3.8) is 0 Å². The van der Waals surface area contributed by atoms with Crippen molar-refractivity contribution in [3.05, 3.63) is 76.9 Å². The Hall–Kier alpha value is -2.65. The number of unbranched alkanes of at least 4 members (excludes halogenated alkanes) is 3. The number of halogens is 2. The Morgan fingerprint density at radius 1 is 0.712 bits per heavy atom. The molecule has 0 spiro atoms. The first-order valence-corrected chi connectivity index (χ1v) is 20.5. The summed E-state index contributed by atoms with van der Waals surface area (Å²) in [7, 11) is -4.64. The molecular formula is C40H55Cl2O9P. The molecule has 52 heavy (non-hydrogen) atoms. The van der Waals surface area contributed by atoms with Crippen LogP contribution in [-0.2, 0) is 36.4 Å². The van der Waals surface area contributed by atoms with E-state index in [-0.39, 0.29) is 54.8 Å². The van der Waals surface area contributed by atoms with Gasteiger partial charge in [0.15, 0.2) is 23.0 Å². The molecule has 1 heterocycles. The number of hydrogen-bond donors (Lipinski definition) is 1. The van der Waals surface area contributed by atoms with Crippen LogP contribution in [0.5, 0.6) is 28.7 Å². The summed E-state index contributed by atoms with van der Waals surface area (Å²) in [5, 5.41) is 0. The summed E-state index contributed by atoms with van der Waals surface area (Å²) < 4.78 is 56.4. The summed E-state index contributed by atoms with van der Waals surface area (Å²) in [4.78, 5) is 10.8. The largest absolute Gasteiger partial charge is 0.527 e. The summed E-state index contributed by atoms with van der Waals surface area (Å²) in [5.74, 6) is 2.42. The van der Waals surface area contributed by atoms with Gasteiger partial charge in [0.05, 0.1) is 0 Å². The van der Waals surface area contributed by atoms with Crippen molar-refractivity contribution in [1.82, 2.24) is 0 Å². The smallest absolute Gasteiger partial charge is 0.487 e. The van der Waals surface area contributed by atoms with Crippen molar-refractivity contribution in [1.29, 1.82) is 0 Å². The van der Waals surface area contributed by atoms with E-state index in [4.69, 9.17) is 55.9 Å². The van der Waals surface area contributed by atoms with Crippen LogP contribution in [0.25, 0.3) is 0 Å². The number of alkyl halides is 2. The molecule has 4 rings (SSSR count). The highest BCUT2D eigenvalue weighted by atomic mass is 35.5. The van der Waals surface area contributed by atoms with E-state index in [9.17, 15) is 9.46 Å². The molecule has 0 saturated heterocycles. The highest BCUT2D eigenvalue weighted by Crippen LogP contribution is 2.46. The molecule has 3 aromatic carbocycles. The number of phosphoric ester groups is 1. The highest BCUT2D eigenvalue weighted by Gasteiger charge is 2.32. The maximum atomic E-state index is 13.3. The van der Waals surface area contributed by atoms with E-state index in [2.05, 4.69) is 48.5 Å². The average Bonchev–Trinajstić information content (AvgIpc) is 3.08. The second-order valence-corrected chi connectivity index (χ2v) is 16.9. The highest BCUT2D eigenvalue weighted by molar-refractivity contribution is 7.47. The molecule has 1 unspecified atom stereocenters. The molecule has 0 saturated carbocycles. The number of rotatable bonds is 12. The van der Waals surface area contributed by atoms with Crippen molar-refractivity contribution >= 4 is 31.0 Å². The topological polar surface area (TPSA) is 102 Å². The van der Waals surface area contributed by atoms with Crippen molar-refractivity contribution in [3.8, 4) is 28.7 Å². The number of para-hydroxylation sites is 1. The Labute approximate surface area is 319 Å². The van der Waals surface area contributed by atoms with E-state index in [1.54, 1.807) is 30.3 Å². The van der Waals surface area contributed by atoms with Gasteiger partial charge in [0.2, 0.25) is 0 Å². The van der Waals surface area contributed by atoms with Gasteiger partial charge in [-0.2, -0.15) is 0 Å². The van der Waals surface area contributed by atoms with E-state index in [0.717, 1.165) is 47.9 Å². The number of hydrogen-bond acceptors (Lipinski definition) is 8. The molecule has 0 radical (unpaired) electrons. The van der Waals surface area contributed by atoms with Gasteiger partial charge in [-0.05, 0) is 75.9 Å². The molecule has 0 bridgehead atoms. The van der Waals surface area contributed by atoms with Crippen LogP contribution >= 0.6 is 31.0 Å². The van der Waals surface area contributed by atoms with Crippen molar-refractivity contribution in [2.75, 3.05) is 33.0 Å². The van der Waals surface area contributed by atoms with Gasteiger partial charge in [0.25, 0.3) is 0 Å². The van der Waals surface area contributed by atoms with E-state index in [0.29, 0.717) is 29.6 Å². The summed E-state index contributed by atoms with van der Waals surface area (Å²) in [6.07, 6.45) is 2.77. The molecule has 9 nitrogen and oxygen atoms in total. The normalized spacial score (nSPS) is 18.3. The molecule has 288 valence electrons. The number of fused-ring (bicyclic) bond motifs is 2. The van der Waals surface area contributed by atoms with Gasteiger partial charge >= 0.3 is 7.82 Å². The predicted molar refractivity (Wildman–Crippen MR) is 207 cm³/mol. The fourth-order valence-electron chi connectivity index (χ4n) is 5.86. The molecule has 1 aliphatic rings. The zero-order chi connectivity index (χ0) is 37.9. The zero-order valence-corrected chi connectivity index (χ0v) is 34.0. The molecule has 0 aliphatic carbocycles. The van der Waals surface area contributed by atoms with E-state index >= 15 is 0 Å². The molecular weight excluding hydrogens is 726 g/mol. The van der Waals surface area contributed by atoms with Crippen LogP contribution in [0.15, 0.2) is 54.6 Å². The first-order chi connectivity index (χ1) is 24.6. The number of phosphoric acid groups is 1. The molecule has 0 fully saturated rings. The van der Waals surface area contributed by atoms with Crippen LogP contribution < -0.4 is 23.5 Å². The fraction of sp³-hybridized carbons (Fsp3) is 0.550. The monoisotopic (exact) mass is 780 g/mol. The van der Waals surface area contributed by atoms with Gasteiger partial charge in [0, 0.05) is 18.4 Å². The Balaban J connectivity index is 1.75. The predicted octanol–water partition coefficient (Wildman–Crippen LogP) is 10.5. The minimum Gasteiger partial charge on any atom is -0.487 e. The van der Waals surface area contributed by atoms with Crippen LogP contribution in [0.2, 0.25) is 0 Å². The molecule has 12 heteroatoms. The maximum Gasteiger partial charge on any atom is 0.527 e. The SMILES string of the molecule is CCCCCCOC1COc2cc(C(C)(C)C)c(CCl)cc2OCC(OP(=O)(O)Oc2ccccc2)COc2cc(CCl)c(C(C)(C)C)cc2OC1. The third-order valence-corrected chi connectivity index (χ3v) is 10.1. The van der Waals surface area contributed by atoms with Gasteiger partial charge in [-0.25, -0.2) is 4.57 Å². The van der Waals surface area contributed by atoms with Crippen LogP contribution in [-0.4, -0.2) is 50.1 Å². The molecule has 1 atom stereocenters. The first-order valence-electron chi connectivity index (χ1n) is 18.0. The lowest BCUT2D eigenvalue weighted by Gasteiger charge is -2.28. The Morgan fingerprint density at radius 2 is 1.17 bits per heavy atom. The quantitative estimate of drug-likeness (QED) is 0.109. The summed E-state index contributed by atoms with van der Waals surface area (Å²) >= 11 is 12.9. The minimum absolute atomic E-state index is 0.173. The fourth-order valence-corrected chi connectivity index (χ4v) is 7.23. The van der Waals surface area contributed by atoms with Crippen LogP contribution in [0, 0.1) is 0 Å². The Bertz CT molecular complexity index is 1540. The van der Waals surface area contributed by atoms with Crippen molar-refractivity contribution < 1.29 is 42.2 Å². The Kier molecular flexibility index (Phi) is 15.5. The van der Waals surface area contributed by atoms with Gasteiger partial charge in [0.1, 0.15) is 44.4 Å². The third kappa shape index (κ3) is 12.5. The summed E-state index contributed by atoms with van der Waals surface area (Å²) in [6.45, 7) is 15.4. The second kappa shape index (κ2) is 19.1. The minimum atomic E-state index is -4.64. The van der Waals surface area contributed by atoms with Gasteiger partial charge in [-0.1, -0.05) is 85.9 Å². The third-order valence-electron chi connectivity index (χ3n) is 8.54. The molecule has 3 aromatic rings. The van der Waals surface area contributed by atoms with Gasteiger partial charge in [-0.15, -0.1) is 23.2 Å². The van der Waals surface area contributed by atoms with Crippen LogP contribution in [0.1, 0.15) is 96.4 Å². The van der Waals surface area contributed by atoms with Crippen LogP contribution in [0.4, 0.5) is 0 Å². The number of ether oxygens (including phenoxy) is 5. The van der Waals surface area contributed by atoms with Crippen molar-refractivity contribution in [2.24, 2.45) is 0 Å². The maximum absolute atomic E-state index is 13.3. The molecule has 1 aliphatic heterocycles. The van der Waals surface area contributed by atoms with Crippen molar-refractivity contribution in [2.45, 2.75) is 109 Å². The van der Waals surface area contributed by atoms with E-state index < -0.39 is 20.0 Å². The standard InChI is InChI=1S/C40H55Cl2O9P/c1-8-9-10-14-17-45-31-24-46-37-20-33(39(2,3)4)28(22-41)18-35(37)48-26-32(51-52(43,44)50-30-15-12-11-13-16-30)27-49-36-19-29(23-42)34(40(5,6)7)21-38(36)47-25-31/h11-13,15-16,18-21,31-32H,8-10,14,17,22-27H2,1-7H3,(H,43,44). The van der Waals surface area contributed by atoms with Gasteiger partial charge in [-0.3, -0.25) is 9.42 Å². The summed E-state index contributed by atoms with van der Waals surface area (Å²) in [6, 6.07) is 15.9. The lowest BCUT2D eigenvalue weighted by molar-refractivity contribution is -0.0114. The Morgan fingerprint density at radius 3 is 1.62 bits per heavy atom. The van der Waals surface area contributed by atoms with E-state index in [1.165, 1.54) is 0 Å². The number of benzene rings is 3. The average molecular weight is 782 g/mol. The lowest BCUT2D eigenvalue weighted by Crippen LogP contribution is -2.31. The van der Waals surface area contributed by atoms with E-state index in [1.807, 2.05) is 24.3 Å². The molecule has 0 aromatic heterocycles. The summed E-state index contributed by atoms with van der Waals surface area (Å²) in [5.41, 5.74) is 3.27. The van der Waals surface area contributed by atoms with Crippen LogP contribution in [0.3, 0.4) is 0 Å².